The van der Waals surface area contributed by atoms with Crippen LogP contribution in [0.1, 0.15) is 10.4 Å². The molecule has 3 heterocycles. The molecule has 8 heteroatoms. The second-order valence-corrected chi connectivity index (χ2v) is 8.65. The lowest BCUT2D eigenvalue weighted by Crippen LogP contribution is -2.44. The molecule has 2 aliphatic heterocycles. The fraction of sp³-hybridized carbons (Fsp3) is 0.333. The Morgan fingerprint density at radius 1 is 1.19 bits per heavy atom. The van der Waals surface area contributed by atoms with Crippen LogP contribution in [0.15, 0.2) is 42.7 Å². The van der Waals surface area contributed by atoms with E-state index in [1.807, 2.05) is 24.3 Å². The van der Waals surface area contributed by atoms with Crippen LogP contribution in [0, 0.1) is 0 Å². The Kier molecular flexibility index (Phi) is 3.96. The minimum atomic E-state index is -3.34. The molecule has 2 aromatic rings. The van der Waals surface area contributed by atoms with Crippen molar-refractivity contribution in [1.82, 2.24) is 14.2 Å². The summed E-state index contributed by atoms with van der Waals surface area (Å²) in [6, 6.07) is 8.91. The molecular formula is C18H19N3O4S. The van der Waals surface area contributed by atoms with Gasteiger partial charge < -0.3 is 9.64 Å². The quantitative estimate of drug-likeness (QED) is 0.791. The first-order chi connectivity index (χ1) is 12.3. The highest BCUT2D eigenvalue weighted by molar-refractivity contribution is 7.88. The molecule has 2 aliphatic rings. The summed E-state index contributed by atoms with van der Waals surface area (Å²) in [7, 11) is -1.64. The van der Waals surface area contributed by atoms with Crippen LogP contribution in [-0.4, -0.2) is 67.1 Å². The Bertz CT molecular complexity index is 962. The number of ether oxygens (including phenoxy) is 1. The maximum absolute atomic E-state index is 12.8. The van der Waals surface area contributed by atoms with Crippen LogP contribution in [0.25, 0.3) is 11.1 Å². The van der Waals surface area contributed by atoms with Crippen LogP contribution in [0.3, 0.4) is 0 Å². The van der Waals surface area contributed by atoms with Crippen LogP contribution in [0.2, 0.25) is 0 Å². The number of likely N-dealkylation sites (N-methyl/N-ethyl adjacent to an activating group) is 1. The zero-order valence-corrected chi connectivity index (χ0v) is 15.3. The third kappa shape index (κ3) is 2.85. The van der Waals surface area contributed by atoms with Gasteiger partial charge in [-0.1, -0.05) is 12.1 Å². The molecule has 1 aromatic heterocycles. The predicted octanol–water partition coefficient (Wildman–Crippen LogP) is 1.23. The van der Waals surface area contributed by atoms with Gasteiger partial charge in [-0.05, 0) is 23.8 Å². The van der Waals surface area contributed by atoms with Crippen LogP contribution in [0.4, 0.5) is 0 Å². The Labute approximate surface area is 152 Å². The van der Waals surface area contributed by atoms with Crippen LogP contribution >= 0.6 is 0 Å². The molecule has 7 nitrogen and oxygen atoms in total. The molecule has 2 unspecified atom stereocenters. The average Bonchev–Trinajstić information content (AvgIpc) is 3.02. The van der Waals surface area contributed by atoms with E-state index in [0.29, 0.717) is 11.3 Å². The van der Waals surface area contributed by atoms with Crippen LogP contribution in [0.5, 0.6) is 5.75 Å². The molecule has 2 atom stereocenters. The fourth-order valence-electron chi connectivity index (χ4n) is 3.49. The maximum Gasteiger partial charge on any atom is 0.257 e. The number of hydrogen-bond donors (Lipinski definition) is 0. The summed E-state index contributed by atoms with van der Waals surface area (Å²) in [5, 5.41) is 0. The van der Waals surface area contributed by atoms with Gasteiger partial charge >= 0.3 is 0 Å². The number of benzene rings is 1. The Hall–Kier alpha value is -2.45. The monoisotopic (exact) mass is 373 g/mol. The van der Waals surface area contributed by atoms with Crippen molar-refractivity contribution < 1.29 is 17.9 Å². The number of aromatic nitrogens is 1. The largest absolute Gasteiger partial charge is 0.486 e. The van der Waals surface area contributed by atoms with Crippen molar-refractivity contribution in [3.8, 4) is 16.9 Å². The minimum Gasteiger partial charge on any atom is -0.486 e. The summed E-state index contributed by atoms with van der Waals surface area (Å²) in [5.74, 6) is 0.312. The number of rotatable bonds is 2. The highest BCUT2D eigenvalue weighted by atomic mass is 32.2. The standard InChI is InChI=1S/C18H19N3O4S/c1-20-15-10-21(26(2,23)24)11-17(15)25-16-8-12(5-6-14(16)18(20)22)13-4-3-7-19-9-13/h3-9,15,17H,10-11H2,1-2H3. The smallest absolute Gasteiger partial charge is 0.257 e. The SMILES string of the molecule is CN1C(=O)c2ccc(-c3cccnc3)cc2OC2CN(S(C)(=O)=O)CC21. The molecular weight excluding hydrogens is 354 g/mol. The molecule has 0 spiro atoms. The van der Waals surface area contributed by atoms with Gasteiger partial charge in [0, 0.05) is 31.5 Å². The number of carbonyl (C=O) groups is 1. The second-order valence-electron chi connectivity index (χ2n) is 6.67. The Morgan fingerprint density at radius 2 is 2.00 bits per heavy atom. The molecule has 1 saturated heterocycles. The van der Waals surface area contributed by atoms with Gasteiger partial charge in [0.15, 0.2) is 0 Å². The van der Waals surface area contributed by atoms with E-state index in [2.05, 4.69) is 4.98 Å². The van der Waals surface area contributed by atoms with Crippen LogP contribution in [-0.2, 0) is 10.0 Å². The zero-order chi connectivity index (χ0) is 18.5. The van der Waals surface area contributed by atoms with E-state index in [-0.39, 0.29) is 25.0 Å². The predicted molar refractivity (Wildman–Crippen MR) is 96.4 cm³/mol. The first-order valence-corrected chi connectivity index (χ1v) is 10.1. The van der Waals surface area contributed by atoms with E-state index in [4.69, 9.17) is 4.74 Å². The molecule has 136 valence electrons. The first-order valence-electron chi connectivity index (χ1n) is 8.28. The van der Waals surface area contributed by atoms with Gasteiger partial charge in [-0.3, -0.25) is 9.78 Å². The van der Waals surface area contributed by atoms with E-state index in [0.717, 1.165) is 11.1 Å². The highest BCUT2D eigenvalue weighted by Gasteiger charge is 2.44. The minimum absolute atomic E-state index is 0.166. The van der Waals surface area contributed by atoms with E-state index in [1.54, 1.807) is 30.4 Å². The Balaban J connectivity index is 1.73. The van der Waals surface area contributed by atoms with E-state index in [9.17, 15) is 13.2 Å². The summed E-state index contributed by atoms with van der Waals surface area (Å²) in [6.07, 6.45) is 4.22. The van der Waals surface area contributed by atoms with E-state index in [1.165, 1.54) is 10.6 Å². The summed E-state index contributed by atoms with van der Waals surface area (Å²) >= 11 is 0. The van der Waals surface area contributed by atoms with Crippen molar-refractivity contribution in [2.45, 2.75) is 12.1 Å². The number of hydrogen-bond acceptors (Lipinski definition) is 5. The van der Waals surface area contributed by atoms with Gasteiger partial charge in [0.2, 0.25) is 10.0 Å². The lowest BCUT2D eigenvalue weighted by Gasteiger charge is -2.25. The number of amides is 1. The van der Waals surface area contributed by atoms with Crippen molar-refractivity contribution in [2.75, 3.05) is 26.4 Å². The van der Waals surface area contributed by atoms with Gasteiger partial charge in [-0.25, -0.2) is 8.42 Å². The number of fused-ring (bicyclic) bond motifs is 2. The molecule has 1 fully saturated rings. The molecule has 0 bridgehead atoms. The fourth-order valence-corrected chi connectivity index (χ4v) is 4.34. The summed E-state index contributed by atoms with van der Waals surface area (Å²) in [6.45, 7) is 0.479. The van der Waals surface area contributed by atoms with Crippen LogP contribution < -0.4 is 4.74 Å². The molecule has 26 heavy (non-hydrogen) atoms. The van der Waals surface area contributed by atoms with Crippen molar-refractivity contribution >= 4 is 15.9 Å². The highest BCUT2D eigenvalue weighted by Crippen LogP contribution is 2.34. The van der Waals surface area contributed by atoms with Gasteiger partial charge in [0.05, 0.1) is 24.4 Å². The Morgan fingerprint density at radius 3 is 2.69 bits per heavy atom. The van der Waals surface area contributed by atoms with Crippen molar-refractivity contribution in [1.29, 1.82) is 0 Å². The molecule has 0 N–H and O–H groups in total. The molecule has 0 saturated carbocycles. The molecule has 1 aromatic carbocycles. The summed E-state index contributed by atoms with van der Waals surface area (Å²) < 4.78 is 31.3. The summed E-state index contributed by atoms with van der Waals surface area (Å²) in [5.41, 5.74) is 2.30. The van der Waals surface area contributed by atoms with Gasteiger partial charge in [-0.2, -0.15) is 4.31 Å². The van der Waals surface area contributed by atoms with E-state index < -0.39 is 16.1 Å². The third-order valence-corrected chi connectivity index (χ3v) is 6.21. The number of carbonyl (C=O) groups excluding carboxylic acids is 1. The van der Waals surface area contributed by atoms with Crippen molar-refractivity contribution in [3.05, 3.63) is 48.3 Å². The van der Waals surface area contributed by atoms with Crippen molar-refractivity contribution in [3.63, 3.8) is 0 Å². The second kappa shape index (κ2) is 6.07. The van der Waals surface area contributed by atoms with Crippen molar-refractivity contribution in [2.24, 2.45) is 0 Å². The lowest BCUT2D eigenvalue weighted by molar-refractivity contribution is 0.0683. The number of sulfonamides is 1. The normalized spacial score (nSPS) is 23.2. The number of nitrogens with zero attached hydrogens (tertiary/aromatic N) is 3. The molecule has 1 amide bonds. The maximum atomic E-state index is 12.8. The van der Waals surface area contributed by atoms with E-state index >= 15 is 0 Å². The molecule has 0 aliphatic carbocycles. The lowest BCUT2D eigenvalue weighted by atomic mass is 10.0. The topological polar surface area (TPSA) is 79.8 Å². The first kappa shape index (κ1) is 17.0. The third-order valence-electron chi connectivity index (χ3n) is 4.98. The van der Waals surface area contributed by atoms with Gasteiger partial charge in [-0.15, -0.1) is 0 Å². The molecule has 0 radical (unpaired) electrons. The zero-order valence-electron chi connectivity index (χ0n) is 14.5. The van der Waals surface area contributed by atoms with Gasteiger partial charge in [0.25, 0.3) is 5.91 Å². The van der Waals surface area contributed by atoms with Gasteiger partial charge in [0.1, 0.15) is 11.9 Å². The average molecular weight is 373 g/mol. The number of pyridine rings is 1. The summed E-state index contributed by atoms with van der Waals surface area (Å²) in [4.78, 5) is 18.6. The molecule has 4 rings (SSSR count).